The molecule has 2 heterocycles. The summed E-state index contributed by atoms with van der Waals surface area (Å²) in [5, 5.41) is 9.19. The van der Waals surface area contributed by atoms with Gasteiger partial charge in [0.2, 0.25) is 6.29 Å². The number of ether oxygens (including phenoxy) is 6. The molecule has 42 heavy (non-hydrogen) atoms. The number of benzene rings is 2. The van der Waals surface area contributed by atoms with Crippen molar-refractivity contribution in [3.63, 3.8) is 0 Å². The molecule has 2 aromatic rings. The molecular weight excluding hydrogens is 538 g/mol. The molecule has 0 bridgehead atoms. The largest absolute Gasteiger partial charge is 0.459 e. The number of nitrogens with zero attached hydrogens (tertiary/aromatic N) is 1. The lowest BCUT2D eigenvalue weighted by molar-refractivity contribution is -0.153. The molecule has 2 aliphatic heterocycles. The zero-order valence-electron chi connectivity index (χ0n) is 24.3. The Bertz CT molecular complexity index is 1170. The van der Waals surface area contributed by atoms with Gasteiger partial charge in [-0.1, -0.05) is 42.5 Å². The summed E-state index contributed by atoms with van der Waals surface area (Å²) >= 11 is 0. The number of carbonyl (C=O) groups excluding carboxylic acids is 1. The minimum Gasteiger partial charge on any atom is -0.459 e. The van der Waals surface area contributed by atoms with Crippen LogP contribution in [0.2, 0.25) is 0 Å². The number of fused-ring (bicyclic) bond motifs is 3. The Hall–Kier alpha value is -2.79. The van der Waals surface area contributed by atoms with E-state index in [9.17, 15) is 9.90 Å². The standard InChI is InChI=1S/C33H43NO8/c35-12-3-4-13-41-32-24-26(28-8-5-9-29-27-7-2-1-6-25(27)22-30(28)29)23-31(42-32)33(36)34-10-14-37-16-18-39-20-21-40-19-17-38-15-11-34/h1-2,5-9,23,26,32,35H,3-4,10-22,24H2. The van der Waals surface area contributed by atoms with Crippen LogP contribution in [0, 0.1) is 0 Å². The van der Waals surface area contributed by atoms with Crippen molar-refractivity contribution < 1.29 is 38.3 Å². The van der Waals surface area contributed by atoms with Crippen molar-refractivity contribution >= 4 is 5.91 Å². The monoisotopic (exact) mass is 581 g/mol. The van der Waals surface area contributed by atoms with Gasteiger partial charge in [-0.2, -0.15) is 0 Å². The Kier molecular flexibility index (Phi) is 11.8. The van der Waals surface area contributed by atoms with Gasteiger partial charge in [0.05, 0.1) is 59.5 Å². The summed E-state index contributed by atoms with van der Waals surface area (Å²) in [6.07, 6.45) is 4.25. The molecule has 1 N–H and O–H groups in total. The van der Waals surface area contributed by atoms with E-state index < -0.39 is 6.29 Å². The number of hydrogen-bond acceptors (Lipinski definition) is 8. The Balaban J connectivity index is 1.35. The second-order valence-electron chi connectivity index (χ2n) is 10.7. The fourth-order valence-corrected chi connectivity index (χ4v) is 5.67. The zero-order valence-corrected chi connectivity index (χ0v) is 24.3. The Morgan fingerprint density at radius 2 is 1.50 bits per heavy atom. The van der Waals surface area contributed by atoms with E-state index in [1.54, 1.807) is 4.90 Å². The quantitative estimate of drug-likeness (QED) is 0.423. The van der Waals surface area contributed by atoms with Crippen LogP contribution in [0.3, 0.4) is 0 Å². The van der Waals surface area contributed by atoms with Gasteiger partial charge < -0.3 is 38.4 Å². The average molecular weight is 582 g/mol. The molecule has 2 atom stereocenters. The summed E-state index contributed by atoms with van der Waals surface area (Å²) in [5.41, 5.74) is 6.35. The Labute approximate surface area is 248 Å². The van der Waals surface area contributed by atoms with Crippen LogP contribution < -0.4 is 0 Å². The first-order valence-electron chi connectivity index (χ1n) is 15.2. The molecule has 5 rings (SSSR count). The van der Waals surface area contributed by atoms with Crippen molar-refractivity contribution in [3.05, 3.63) is 71.0 Å². The van der Waals surface area contributed by atoms with Crippen LogP contribution in [0.5, 0.6) is 0 Å². The number of aliphatic hydroxyl groups is 1. The van der Waals surface area contributed by atoms with Crippen LogP contribution in [-0.2, 0) is 39.6 Å². The van der Waals surface area contributed by atoms with E-state index in [4.69, 9.17) is 28.4 Å². The summed E-state index contributed by atoms with van der Waals surface area (Å²) in [5.74, 6) is 0.0368. The molecule has 1 amide bonds. The van der Waals surface area contributed by atoms with Gasteiger partial charge in [-0.3, -0.25) is 4.79 Å². The fraction of sp³-hybridized carbons (Fsp3) is 0.545. The van der Waals surface area contributed by atoms with Crippen LogP contribution in [0.15, 0.2) is 54.3 Å². The predicted octanol–water partition coefficient (Wildman–Crippen LogP) is 3.67. The normalized spacial score (nSPS) is 22.2. The van der Waals surface area contributed by atoms with Crippen LogP contribution >= 0.6 is 0 Å². The minimum absolute atomic E-state index is 0.0462. The second kappa shape index (κ2) is 16.2. The third kappa shape index (κ3) is 8.18. The number of rotatable bonds is 7. The summed E-state index contributed by atoms with van der Waals surface area (Å²) in [7, 11) is 0. The van der Waals surface area contributed by atoms with Gasteiger partial charge in [-0.05, 0) is 53.2 Å². The average Bonchev–Trinajstić information content (AvgIpc) is 3.40. The molecule has 228 valence electrons. The maximum Gasteiger partial charge on any atom is 0.288 e. The number of amides is 1. The van der Waals surface area contributed by atoms with Gasteiger partial charge >= 0.3 is 0 Å². The molecule has 9 nitrogen and oxygen atoms in total. The summed E-state index contributed by atoms with van der Waals surface area (Å²) in [6, 6.07) is 15.0. The molecule has 0 aromatic heterocycles. The first-order valence-corrected chi connectivity index (χ1v) is 15.2. The molecule has 1 saturated heterocycles. The van der Waals surface area contributed by atoms with E-state index in [0.29, 0.717) is 85.4 Å². The number of hydrogen-bond donors (Lipinski definition) is 1. The highest BCUT2D eigenvalue weighted by Crippen LogP contribution is 2.43. The first kappa shape index (κ1) is 30.7. The lowest BCUT2D eigenvalue weighted by Crippen LogP contribution is -2.40. The second-order valence-corrected chi connectivity index (χ2v) is 10.7. The Morgan fingerprint density at radius 3 is 2.21 bits per heavy atom. The minimum atomic E-state index is -0.567. The number of unbranched alkanes of at least 4 members (excludes halogenated alkanes) is 1. The van der Waals surface area contributed by atoms with Gasteiger partial charge in [0.25, 0.3) is 5.91 Å². The molecule has 9 heteroatoms. The molecule has 1 aliphatic carbocycles. The third-order valence-electron chi connectivity index (χ3n) is 7.83. The maximum atomic E-state index is 13.9. The fourth-order valence-electron chi connectivity index (χ4n) is 5.67. The van der Waals surface area contributed by atoms with E-state index in [0.717, 1.165) is 12.8 Å². The van der Waals surface area contributed by atoms with Gasteiger partial charge in [0.15, 0.2) is 5.76 Å². The first-order chi connectivity index (χ1) is 20.7. The topological polar surface area (TPSA) is 95.9 Å². The molecular formula is C33H43NO8. The van der Waals surface area contributed by atoms with Crippen molar-refractivity contribution in [2.24, 2.45) is 0 Å². The van der Waals surface area contributed by atoms with Crippen molar-refractivity contribution in [3.8, 4) is 11.1 Å². The molecule has 0 saturated carbocycles. The highest BCUT2D eigenvalue weighted by Gasteiger charge is 2.33. The molecule has 1 fully saturated rings. The summed E-state index contributed by atoms with van der Waals surface area (Å²) in [6.45, 7) is 5.03. The molecule has 2 unspecified atom stereocenters. The van der Waals surface area contributed by atoms with E-state index in [-0.39, 0.29) is 24.2 Å². The van der Waals surface area contributed by atoms with E-state index in [1.807, 2.05) is 6.08 Å². The summed E-state index contributed by atoms with van der Waals surface area (Å²) < 4.78 is 34.8. The van der Waals surface area contributed by atoms with Crippen molar-refractivity contribution in [1.29, 1.82) is 0 Å². The van der Waals surface area contributed by atoms with Gasteiger partial charge in [0, 0.05) is 32.0 Å². The van der Waals surface area contributed by atoms with E-state index >= 15 is 0 Å². The van der Waals surface area contributed by atoms with Crippen molar-refractivity contribution in [2.45, 2.75) is 37.9 Å². The maximum absolute atomic E-state index is 13.9. The van der Waals surface area contributed by atoms with Crippen LogP contribution in [0.1, 0.15) is 41.9 Å². The van der Waals surface area contributed by atoms with Gasteiger partial charge in [-0.15, -0.1) is 0 Å². The smallest absolute Gasteiger partial charge is 0.288 e. The number of aliphatic hydroxyl groups excluding tert-OH is 1. The van der Waals surface area contributed by atoms with Gasteiger partial charge in [0.1, 0.15) is 0 Å². The van der Waals surface area contributed by atoms with E-state index in [2.05, 4.69) is 42.5 Å². The summed E-state index contributed by atoms with van der Waals surface area (Å²) in [4.78, 5) is 15.7. The number of carbonyl (C=O) groups is 1. The molecule has 0 spiro atoms. The van der Waals surface area contributed by atoms with Crippen molar-refractivity contribution in [1.82, 2.24) is 4.90 Å². The van der Waals surface area contributed by atoms with Gasteiger partial charge in [-0.25, -0.2) is 0 Å². The van der Waals surface area contributed by atoms with Crippen LogP contribution in [0.4, 0.5) is 0 Å². The number of allylic oxidation sites excluding steroid dienone is 1. The zero-order chi connectivity index (χ0) is 29.0. The highest BCUT2D eigenvalue weighted by molar-refractivity contribution is 5.92. The Morgan fingerprint density at radius 1 is 0.833 bits per heavy atom. The van der Waals surface area contributed by atoms with Crippen LogP contribution in [-0.4, -0.2) is 101 Å². The van der Waals surface area contributed by atoms with Crippen molar-refractivity contribution in [2.75, 3.05) is 79.2 Å². The molecule has 2 aromatic carbocycles. The highest BCUT2D eigenvalue weighted by atomic mass is 16.7. The SMILES string of the molecule is O=C(C1=CC(c2cccc3c2Cc2ccccc2-3)CC(OCCCCO)O1)N1CCOCCOCCOCCOCC1. The molecule has 0 radical (unpaired) electrons. The predicted molar refractivity (Wildman–Crippen MR) is 157 cm³/mol. The lowest BCUT2D eigenvalue weighted by atomic mass is 9.87. The van der Waals surface area contributed by atoms with E-state index in [1.165, 1.54) is 27.8 Å². The lowest BCUT2D eigenvalue weighted by Gasteiger charge is -2.32. The molecule has 3 aliphatic rings. The third-order valence-corrected chi connectivity index (χ3v) is 7.83. The van der Waals surface area contributed by atoms with Crippen LogP contribution in [0.25, 0.3) is 11.1 Å².